The Kier molecular flexibility index (Phi) is 6.48. The van der Waals surface area contributed by atoms with Crippen molar-refractivity contribution < 1.29 is 13.6 Å². The van der Waals surface area contributed by atoms with Crippen LogP contribution in [0, 0.1) is 23.0 Å². The monoisotopic (exact) mass is 321 g/mol. The number of hydrogen-bond donors (Lipinski definition) is 1. The predicted octanol–water partition coefficient (Wildman–Crippen LogP) is 2.74. The number of carbonyl (C=O) groups excluding carboxylic acids is 1. The highest BCUT2D eigenvalue weighted by molar-refractivity contribution is 5.78. The number of nitrogens with one attached hydrogen (secondary N) is 1. The minimum Gasteiger partial charge on any atom is -0.354 e. The van der Waals surface area contributed by atoms with Crippen LogP contribution >= 0.6 is 0 Å². The van der Waals surface area contributed by atoms with E-state index in [1.54, 1.807) is 0 Å². The third kappa shape index (κ3) is 5.00. The summed E-state index contributed by atoms with van der Waals surface area (Å²) in [6.07, 6.45) is 4.24. The van der Waals surface area contributed by atoms with Gasteiger partial charge in [0.1, 0.15) is 11.6 Å². The second-order valence-electron chi connectivity index (χ2n) is 5.80. The van der Waals surface area contributed by atoms with E-state index in [9.17, 15) is 13.6 Å². The van der Waals surface area contributed by atoms with E-state index in [2.05, 4.69) is 5.32 Å². The number of benzene rings is 1. The Labute approximate surface area is 135 Å². The lowest BCUT2D eigenvalue weighted by Gasteiger charge is -2.28. The van der Waals surface area contributed by atoms with E-state index in [0.717, 1.165) is 25.7 Å². The Morgan fingerprint density at radius 1 is 1.30 bits per heavy atom. The normalized spacial score (nSPS) is 14.9. The molecule has 0 aliphatic heterocycles. The largest absolute Gasteiger partial charge is 0.354 e. The van der Waals surface area contributed by atoms with Gasteiger partial charge in [-0.1, -0.05) is 18.9 Å². The number of hydrogen-bond acceptors (Lipinski definition) is 3. The van der Waals surface area contributed by atoms with Crippen molar-refractivity contribution in [3.05, 3.63) is 35.4 Å². The molecule has 0 aromatic heterocycles. The molecule has 23 heavy (non-hydrogen) atoms. The maximum absolute atomic E-state index is 13.9. The molecule has 1 aliphatic rings. The van der Waals surface area contributed by atoms with Crippen LogP contribution in [0.1, 0.15) is 37.7 Å². The van der Waals surface area contributed by atoms with Crippen LogP contribution in [0.15, 0.2) is 18.2 Å². The summed E-state index contributed by atoms with van der Waals surface area (Å²) in [4.78, 5) is 13.8. The Balaban J connectivity index is 2.05. The van der Waals surface area contributed by atoms with Gasteiger partial charge >= 0.3 is 0 Å². The Hall–Kier alpha value is -2.00. The highest BCUT2D eigenvalue weighted by atomic mass is 19.1. The third-order valence-corrected chi connectivity index (χ3v) is 4.17. The Bertz CT molecular complexity index is 559. The number of halogens is 2. The zero-order valence-corrected chi connectivity index (χ0v) is 13.0. The summed E-state index contributed by atoms with van der Waals surface area (Å²) in [6.45, 7) is 0.459. The van der Waals surface area contributed by atoms with Crippen molar-refractivity contribution in [2.24, 2.45) is 0 Å². The SMILES string of the molecule is N#CCCNC(=O)CN(Cc1c(F)cccc1F)C1CCCC1. The minimum atomic E-state index is -0.585. The van der Waals surface area contributed by atoms with E-state index in [1.807, 2.05) is 11.0 Å². The van der Waals surface area contributed by atoms with Gasteiger partial charge in [-0.2, -0.15) is 5.26 Å². The van der Waals surface area contributed by atoms with Crippen molar-refractivity contribution in [2.75, 3.05) is 13.1 Å². The van der Waals surface area contributed by atoms with Crippen molar-refractivity contribution in [2.45, 2.75) is 44.7 Å². The van der Waals surface area contributed by atoms with Crippen LogP contribution in [0.25, 0.3) is 0 Å². The number of amides is 1. The van der Waals surface area contributed by atoms with E-state index < -0.39 is 11.6 Å². The summed E-state index contributed by atoms with van der Waals surface area (Å²) in [7, 11) is 0. The smallest absolute Gasteiger partial charge is 0.234 e. The summed E-state index contributed by atoms with van der Waals surface area (Å²) in [5.74, 6) is -1.39. The summed E-state index contributed by atoms with van der Waals surface area (Å²) in [5, 5.41) is 11.2. The highest BCUT2D eigenvalue weighted by Gasteiger charge is 2.26. The number of nitrogens with zero attached hydrogens (tertiary/aromatic N) is 2. The lowest BCUT2D eigenvalue weighted by molar-refractivity contribution is -0.122. The maximum Gasteiger partial charge on any atom is 0.234 e. The van der Waals surface area contributed by atoms with Crippen LogP contribution in [-0.4, -0.2) is 29.9 Å². The second kappa shape index (κ2) is 8.59. The molecule has 1 aromatic rings. The first kappa shape index (κ1) is 17.4. The molecule has 1 amide bonds. The van der Waals surface area contributed by atoms with Gasteiger partial charge in [-0.05, 0) is 25.0 Å². The highest BCUT2D eigenvalue weighted by Crippen LogP contribution is 2.26. The first-order valence-electron chi connectivity index (χ1n) is 7.92. The maximum atomic E-state index is 13.9. The molecule has 6 heteroatoms. The fourth-order valence-corrected chi connectivity index (χ4v) is 2.97. The molecule has 1 N–H and O–H groups in total. The van der Waals surface area contributed by atoms with Gasteiger partial charge in [-0.15, -0.1) is 0 Å². The zero-order valence-electron chi connectivity index (χ0n) is 13.0. The fourth-order valence-electron chi connectivity index (χ4n) is 2.97. The molecule has 0 saturated heterocycles. The van der Waals surface area contributed by atoms with E-state index in [-0.39, 0.29) is 37.0 Å². The van der Waals surface area contributed by atoms with Gasteiger partial charge in [0.2, 0.25) is 5.91 Å². The fraction of sp³-hybridized carbons (Fsp3) is 0.529. The first-order chi connectivity index (χ1) is 11.1. The molecule has 1 aromatic carbocycles. The van der Waals surface area contributed by atoms with E-state index in [0.29, 0.717) is 6.54 Å². The van der Waals surface area contributed by atoms with Gasteiger partial charge < -0.3 is 5.32 Å². The molecule has 4 nitrogen and oxygen atoms in total. The molecule has 124 valence electrons. The Morgan fingerprint density at radius 3 is 2.57 bits per heavy atom. The van der Waals surface area contributed by atoms with Gasteiger partial charge in [0.15, 0.2) is 0 Å². The molecule has 0 atom stereocenters. The molecular weight excluding hydrogens is 300 g/mol. The van der Waals surface area contributed by atoms with Gasteiger partial charge in [-0.3, -0.25) is 9.69 Å². The van der Waals surface area contributed by atoms with Gasteiger partial charge in [0.05, 0.1) is 19.0 Å². The summed E-state index contributed by atoms with van der Waals surface area (Å²) in [6, 6.07) is 5.93. The second-order valence-corrected chi connectivity index (χ2v) is 5.80. The molecule has 0 radical (unpaired) electrons. The van der Waals surface area contributed by atoms with Crippen molar-refractivity contribution in [3.63, 3.8) is 0 Å². The van der Waals surface area contributed by atoms with Crippen LogP contribution in [0.2, 0.25) is 0 Å². The molecule has 0 spiro atoms. The number of nitriles is 1. The quantitative estimate of drug-likeness (QED) is 0.786. The number of rotatable bonds is 7. The van der Waals surface area contributed by atoms with Crippen LogP contribution < -0.4 is 5.32 Å². The standard InChI is InChI=1S/C17H21F2N3O/c18-15-7-3-8-16(19)14(15)11-22(13-5-1-2-6-13)12-17(23)21-10-4-9-20/h3,7-8,13H,1-2,4-6,10-12H2,(H,21,23). The van der Waals surface area contributed by atoms with Crippen LogP contribution in [0.5, 0.6) is 0 Å². The van der Waals surface area contributed by atoms with E-state index in [4.69, 9.17) is 5.26 Å². The molecule has 1 fully saturated rings. The van der Waals surface area contributed by atoms with E-state index in [1.165, 1.54) is 18.2 Å². The van der Waals surface area contributed by atoms with Crippen LogP contribution in [0.3, 0.4) is 0 Å². The average molecular weight is 321 g/mol. The predicted molar refractivity (Wildman–Crippen MR) is 82.3 cm³/mol. The van der Waals surface area contributed by atoms with Crippen molar-refractivity contribution in [3.8, 4) is 6.07 Å². The molecule has 1 saturated carbocycles. The van der Waals surface area contributed by atoms with Crippen molar-refractivity contribution in [1.29, 1.82) is 5.26 Å². The summed E-state index contributed by atoms with van der Waals surface area (Å²) < 4.78 is 27.8. The van der Waals surface area contributed by atoms with Gasteiger partial charge in [0, 0.05) is 24.7 Å². The third-order valence-electron chi connectivity index (χ3n) is 4.17. The average Bonchev–Trinajstić information content (AvgIpc) is 3.04. The molecule has 0 bridgehead atoms. The molecular formula is C17H21F2N3O. The van der Waals surface area contributed by atoms with Crippen LogP contribution in [0.4, 0.5) is 8.78 Å². The Morgan fingerprint density at radius 2 is 1.96 bits per heavy atom. The molecule has 0 heterocycles. The van der Waals surface area contributed by atoms with Gasteiger partial charge in [0.25, 0.3) is 0 Å². The first-order valence-corrected chi connectivity index (χ1v) is 7.92. The molecule has 0 unspecified atom stereocenters. The summed E-state index contributed by atoms with van der Waals surface area (Å²) >= 11 is 0. The molecule has 1 aliphatic carbocycles. The minimum absolute atomic E-state index is 0.00391. The summed E-state index contributed by atoms with van der Waals surface area (Å²) in [5.41, 5.74) is 0.00391. The van der Waals surface area contributed by atoms with E-state index >= 15 is 0 Å². The van der Waals surface area contributed by atoms with Crippen LogP contribution in [-0.2, 0) is 11.3 Å². The zero-order chi connectivity index (χ0) is 16.7. The topological polar surface area (TPSA) is 56.1 Å². The van der Waals surface area contributed by atoms with Crippen molar-refractivity contribution >= 4 is 5.91 Å². The lowest BCUT2D eigenvalue weighted by atomic mass is 10.1. The number of carbonyl (C=O) groups is 1. The van der Waals surface area contributed by atoms with Gasteiger partial charge in [-0.25, -0.2) is 8.78 Å². The lowest BCUT2D eigenvalue weighted by Crippen LogP contribution is -2.42. The molecule has 2 rings (SSSR count). The van der Waals surface area contributed by atoms with Crippen molar-refractivity contribution in [1.82, 2.24) is 10.2 Å².